The minimum absolute atomic E-state index is 0.0375. The lowest BCUT2D eigenvalue weighted by atomic mass is 9.86. The Balaban J connectivity index is 2.74. The molecule has 0 fully saturated rings. The summed E-state index contributed by atoms with van der Waals surface area (Å²) in [6.45, 7) is 6.53. The first-order valence-electron chi connectivity index (χ1n) is 4.75. The molecule has 0 radical (unpaired) electrons. The molecule has 1 aromatic heterocycles. The van der Waals surface area contributed by atoms with Gasteiger partial charge in [-0.2, -0.15) is 0 Å². The molecule has 1 rings (SSSR count). The number of hydrogen-bond donors (Lipinski definition) is 1. The molecule has 14 heavy (non-hydrogen) atoms. The lowest BCUT2D eigenvalue weighted by molar-refractivity contribution is 0.342. The van der Waals surface area contributed by atoms with Crippen LogP contribution in [-0.2, 0) is 0 Å². The van der Waals surface area contributed by atoms with Gasteiger partial charge in [0.05, 0.1) is 0 Å². The number of nitrogens with zero attached hydrogens (tertiary/aromatic N) is 1. The maximum atomic E-state index is 6.06. The van der Waals surface area contributed by atoms with E-state index in [0.717, 1.165) is 12.0 Å². The van der Waals surface area contributed by atoms with Crippen molar-refractivity contribution in [1.82, 2.24) is 4.98 Å². The van der Waals surface area contributed by atoms with Crippen molar-refractivity contribution in [2.45, 2.75) is 33.2 Å². The largest absolute Gasteiger partial charge is 0.324 e. The fraction of sp³-hybridized carbons (Fsp3) is 0.545. The van der Waals surface area contributed by atoms with Crippen molar-refractivity contribution in [1.29, 1.82) is 0 Å². The van der Waals surface area contributed by atoms with Gasteiger partial charge in [-0.05, 0) is 29.5 Å². The smallest absolute Gasteiger partial charge is 0.129 e. The van der Waals surface area contributed by atoms with E-state index in [1.165, 1.54) is 0 Å². The summed E-state index contributed by atoms with van der Waals surface area (Å²) < 4.78 is 0. The molecule has 0 saturated heterocycles. The van der Waals surface area contributed by atoms with E-state index in [9.17, 15) is 0 Å². The average molecular weight is 213 g/mol. The molecule has 0 aliphatic rings. The van der Waals surface area contributed by atoms with Crippen LogP contribution < -0.4 is 5.73 Å². The van der Waals surface area contributed by atoms with E-state index in [4.69, 9.17) is 17.3 Å². The predicted molar refractivity (Wildman–Crippen MR) is 60.2 cm³/mol. The summed E-state index contributed by atoms with van der Waals surface area (Å²) >= 11 is 5.79. The molecular formula is C11H17ClN2. The highest BCUT2D eigenvalue weighted by molar-refractivity contribution is 6.29. The van der Waals surface area contributed by atoms with E-state index in [-0.39, 0.29) is 11.5 Å². The number of aromatic nitrogens is 1. The Morgan fingerprint density at radius 3 is 2.64 bits per heavy atom. The minimum Gasteiger partial charge on any atom is -0.324 e. The van der Waals surface area contributed by atoms with E-state index >= 15 is 0 Å². The first-order valence-corrected chi connectivity index (χ1v) is 5.13. The van der Waals surface area contributed by atoms with Gasteiger partial charge >= 0.3 is 0 Å². The maximum absolute atomic E-state index is 6.06. The Labute approximate surface area is 90.5 Å². The molecule has 3 heteroatoms. The van der Waals surface area contributed by atoms with Crippen molar-refractivity contribution >= 4 is 11.6 Å². The second-order valence-corrected chi connectivity index (χ2v) is 5.17. The van der Waals surface area contributed by atoms with Crippen LogP contribution in [0.2, 0.25) is 5.15 Å². The normalized spacial score (nSPS) is 14.1. The summed E-state index contributed by atoms with van der Waals surface area (Å²) in [6.07, 6.45) is 2.63. The van der Waals surface area contributed by atoms with Gasteiger partial charge in [-0.15, -0.1) is 0 Å². The van der Waals surface area contributed by atoms with Crippen LogP contribution in [0.5, 0.6) is 0 Å². The van der Waals surface area contributed by atoms with Crippen LogP contribution in [-0.4, -0.2) is 4.98 Å². The zero-order valence-electron chi connectivity index (χ0n) is 8.92. The minimum atomic E-state index is 0.0375. The van der Waals surface area contributed by atoms with Gasteiger partial charge in [0.15, 0.2) is 0 Å². The number of nitrogens with two attached hydrogens (primary N) is 1. The number of pyridine rings is 1. The predicted octanol–water partition coefficient (Wildman–Crippen LogP) is 3.17. The topological polar surface area (TPSA) is 38.9 Å². The molecular weight excluding hydrogens is 196 g/mol. The highest BCUT2D eigenvalue weighted by Crippen LogP contribution is 2.27. The molecule has 1 aromatic rings. The van der Waals surface area contributed by atoms with Crippen LogP contribution in [0.1, 0.15) is 38.8 Å². The van der Waals surface area contributed by atoms with Gasteiger partial charge in [0.25, 0.3) is 0 Å². The first-order chi connectivity index (χ1) is 6.38. The Morgan fingerprint density at radius 1 is 1.50 bits per heavy atom. The van der Waals surface area contributed by atoms with Gasteiger partial charge in [0, 0.05) is 12.2 Å². The molecule has 2 nitrogen and oxygen atoms in total. The monoisotopic (exact) mass is 212 g/mol. The molecule has 0 aliphatic carbocycles. The Bertz CT molecular complexity index is 304. The van der Waals surface area contributed by atoms with Crippen LogP contribution in [0, 0.1) is 5.41 Å². The summed E-state index contributed by atoms with van der Waals surface area (Å²) in [5, 5.41) is 0.506. The van der Waals surface area contributed by atoms with E-state index < -0.39 is 0 Å². The number of halogens is 1. The third-order valence-electron chi connectivity index (χ3n) is 2.01. The van der Waals surface area contributed by atoms with Crippen molar-refractivity contribution < 1.29 is 0 Å². The third-order valence-corrected chi connectivity index (χ3v) is 2.22. The lowest BCUT2D eigenvalue weighted by Gasteiger charge is -2.23. The van der Waals surface area contributed by atoms with Crippen molar-refractivity contribution in [3.63, 3.8) is 0 Å². The zero-order chi connectivity index (χ0) is 10.8. The highest BCUT2D eigenvalue weighted by Gasteiger charge is 2.17. The zero-order valence-corrected chi connectivity index (χ0v) is 9.67. The van der Waals surface area contributed by atoms with E-state index in [2.05, 4.69) is 25.8 Å². The summed E-state index contributed by atoms with van der Waals surface area (Å²) in [5.74, 6) is 0. The van der Waals surface area contributed by atoms with Gasteiger partial charge in [-0.3, -0.25) is 0 Å². The highest BCUT2D eigenvalue weighted by atomic mass is 35.5. The van der Waals surface area contributed by atoms with Gasteiger partial charge in [0.2, 0.25) is 0 Å². The Morgan fingerprint density at radius 2 is 2.14 bits per heavy atom. The standard InChI is InChI=1S/C11H17ClN2/c1-11(2,3)7-9(13)8-4-5-14-10(12)6-8/h4-6,9H,7,13H2,1-3H3. The van der Waals surface area contributed by atoms with Crippen molar-refractivity contribution in [2.24, 2.45) is 11.1 Å². The Kier molecular flexibility index (Phi) is 3.51. The van der Waals surface area contributed by atoms with Crippen LogP contribution in [0.3, 0.4) is 0 Å². The van der Waals surface area contributed by atoms with Gasteiger partial charge in [-0.25, -0.2) is 4.98 Å². The molecule has 78 valence electrons. The number of hydrogen-bond acceptors (Lipinski definition) is 2. The molecule has 1 heterocycles. The quantitative estimate of drug-likeness (QED) is 0.765. The van der Waals surface area contributed by atoms with Crippen LogP contribution in [0.4, 0.5) is 0 Å². The second-order valence-electron chi connectivity index (χ2n) is 4.78. The summed E-state index contributed by atoms with van der Waals surface area (Å²) in [4.78, 5) is 3.93. The fourth-order valence-corrected chi connectivity index (χ4v) is 1.61. The SMILES string of the molecule is CC(C)(C)CC(N)c1ccnc(Cl)c1. The maximum Gasteiger partial charge on any atom is 0.129 e. The average Bonchev–Trinajstić information content (AvgIpc) is 2.01. The van der Waals surface area contributed by atoms with Crippen LogP contribution >= 0.6 is 11.6 Å². The molecule has 0 saturated carbocycles. The van der Waals surface area contributed by atoms with E-state index in [1.54, 1.807) is 6.20 Å². The summed E-state index contributed by atoms with van der Waals surface area (Å²) in [6, 6.07) is 3.79. The summed E-state index contributed by atoms with van der Waals surface area (Å²) in [5.41, 5.74) is 7.35. The molecule has 0 aromatic carbocycles. The molecule has 2 N–H and O–H groups in total. The van der Waals surface area contributed by atoms with Crippen molar-refractivity contribution in [2.75, 3.05) is 0 Å². The van der Waals surface area contributed by atoms with Crippen molar-refractivity contribution in [3.05, 3.63) is 29.0 Å². The number of rotatable bonds is 2. The molecule has 1 atom stereocenters. The van der Waals surface area contributed by atoms with E-state index in [0.29, 0.717) is 5.15 Å². The van der Waals surface area contributed by atoms with Gasteiger partial charge < -0.3 is 5.73 Å². The van der Waals surface area contributed by atoms with Crippen LogP contribution in [0.15, 0.2) is 18.3 Å². The molecule has 0 amide bonds. The fourth-order valence-electron chi connectivity index (χ4n) is 1.43. The van der Waals surface area contributed by atoms with Crippen molar-refractivity contribution in [3.8, 4) is 0 Å². The van der Waals surface area contributed by atoms with Gasteiger partial charge in [-0.1, -0.05) is 32.4 Å². The molecule has 1 unspecified atom stereocenters. The van der Waals surface area contributed by atoms with Crippen LogP contribution in [0.25, 0.3) is 0 Å². The third kappa shape index (κ3) is 3.64. The Hall–Kier alpha value is -0.600. The summed E-state index contributed by atoms with van der Waals surface area (Å²) in [7, 11) is 0. The van der Waals surface area contributed by atoms with Gasteiger partial charge in [0.1, 0.15) is 5.15 Å². The lowest BCUT2D eigenvalue weighted by Crippen LogP contribution is -2.18. The van der Waals surface area contributed by atoms with E-state index in [1.807, 2.05) is 12.1 Å². The molecule has 0 aliphatic heterocycles. The molecule has 0 bridgehead atoms. The second kappa shape index (κ2) is 4.28. The first kappa shape index (κ1) is 11.5. The molecule has 0 spiro atoms.